The molecule has 0 aliphatic rings. The second-order valence-corrected chi connectivity index (χ2v) is 5.93. The van der Waals surface area contributed by atoms with Crippen LogP contribution in [0.5, 0.6) is 0 Å². The lowest BCUT2D eigenvalue weighted by atomic mass is 10.2. The number of nitrogens with one attached hydrogen (secondary N) is 1. The van der Waals surface area contributed by atoms with Crippen molar-refractivity contribution in [3.63, 3.8) is 0 Å². The summed E-state index contributed by atoms with van der Waals surface area (Å²) in [6.07, 6.45) is -5.51. The zero-order chi connectivity index (χ0) is 19.5. The zero-order valence-corrected chi connectivity index (χ0v) is 14.8. The van der Waals surface area contributed by atoms with E-state index in [-0.39, 0.29) is 17.5 Å². The number of aromatic nitrogens is 2. The molecule has 6 nitrogen and oxygen atoms in total. The first-order valence-corrected chi connectivity index (χ1v) is 8.05. The van der Waals surface area contributed by atoms with Gasteiger partial charge >= 0.3 is 12.3 Å². The number of amides is 1. The van der Waals surface area contributed by atoms with E-state index >= 15 is 0 Å². The standard InChI is InChI=1S/C15H13Cl2F3N4O2/c1-2-5-24(14(25)26)12-9(15(18,19)20)7-21-13(23-12)22-8-3-4-10(16)11(17)6-8/h3-4,6-7H,2,5H2,1H3,(H,25,26)(H,21,22,23). The van der Waals surface area contributed by atoms with Gasteiger partial charge in [-0.25, -0.2) is 9.78 Å². The van der Waals surface area contributed by atoms with Crippen LogP contribution >= 0.6 is 23.2 Å². The smallest absolute Gasteiger partial charge is 0.421 e. The molecule has 1 aromatic carbocycles. The minimum absolute atomic E-state index is 0.151. The molecular formula is C15H13Cl2F3N4O2. The average molecular weight is 409 g/mol. The van der Waals surface area contributed by atoms with Gasteiger partial charge in [0.05, 0.1) is 10.0 Å². The third-order valence-corrected chi connectivity index (χ3v) is 3.92. The Hall–Kier alpha value is -2.26. The molecule has 0 saturated carbocycles. The summed E-state index contributed by atoms with van der Waals surface area (Å²) in [5, 5.41) is 12.4. The van der Waals surface area contributed by atoms with Crippen molar-refractivity contribution in [1.82, 2.24) is 9.97 Å². The molecule has 0 fully saturated rings. The van der Waals surface area contributed by atoms with Crippen LogP contribution in [0.15, 0.2) is 24.4 Å². The maximum absolute atomic E-state index is 13.2. The van der Waals surface area contributed by atoms with Crippen LogP contribution in [-0.2, 0) is 6.18 Å². The van der Waals surface area contributed by atoms with Gasteiger partial charge in [-0.3, -0.25) is 4.90 Å². The Labute approximate surface area is 156 Å². The summed E-state index contributed by atoms with van der Waals surface area (Å²) in [5.41, 5.74) is -0.865. The lowest BCUT2D eigenvalue weighted by molar-refractivity contribution is -0.137. The molecule has 0 aliphatic heterocycles. The normalized spacial score (nSPS) is 11.3. The average Bonchev–Trinajstić information content (AvgIpc) is 2.54. The van der Waals surface area contributed by atoms with Gasteiger partial charge in [-0.1, -0.05) is 30.1 Å². The summed E-state index contributed by atoms with van der Waals surface area (Å²) in [7, 11) is 0. The van der Waals surface area contributed by atoms with E-state index < -0.39 is 23.7 Å². The highest BCUT2D eigenvalue weighted by atomic mass is 35.5. The van der Waals surface area contributed by atoms with Crippen molar-refractivity contribution < 1.29 is 23.1 Å². The van der Waals surface area contributed by atoms with Crippen molar-refractivity contribution in [2.24, 2.45) is 0 Å². The minimum Gasteiger partial charge on any atom is -0.465 e. The number of rotatable bonds is 5. The van der Waals surface area contributed by atoms with Crippen molar-refractivity contribution in [1.29, 1.82) is 0 Å². The Kier molecular flexibility index (Phi) is 6.14. The quantitative estimate of drug-likeness (QED) is 0.688. The summed E-state index contributed by atoms with van der Waals surface area (Å²) in [5.74, 6) is -0.960. The van der Waals surface area contributed by atoms with Crippen molar-refractivity contribution in [3.05, 3.63) is 40.0 Å². The number of benzene rings is 1. The second-order valence-electron chi connectivity index (χ2n) is 5.12. The molecule has 0 saturated heterocycles. The molecule has 2 rings (SSSR count). The molecule has 1 aromatic heterocycles. The van der Waals surface area contributed by atoms with Crippen LogP contribution in [0.4, 0.5) is 35.4 Å². The third-order valence-electron chi connectivity index (χ3n) is 3.18. The Morgan fingerprint density at radius 2 is 2.00 bits per heavy atom. The van der Waals surface area contributed by atoms with Crippen LogP contribution in [0.3, 0.4) is 0 Å². The van der Waals surface area contributed by atoms with Gasteiger partial charge in [0.15, 0.2) is 5.82 Å². The van der Waals surface area contributed by atoms with E-state index in [0.29, 0.717) is 28.2 Å². The van der Waals surface area contributed by atoms with Gasteiger partial charge in [-0.2, -0.15) is 18.2 Å². The van der Waals surface area contributed by atoms with Gasteiger partial charge in [-0.05, 0) is 24.6 Å². The van der Waals surface area contributed by atoms with Crippen LogP contribution in [0.1, 0.15) is 18.9 Å². The molecule has 1 heterocycles. The predicted octanol–water partition coefficient (Wildman–Crippen LogP) is 5.44. The fourth-order valence-electron chi connectivity index (χ4n) is 2.06. The summed E-state index contributed by atoms with van der Waals surface area (Å²) in [6.45, 7) is 1.49. The van der Waals surface area contributed by atoms with Crippen LogP contribution in [0.25, 0.3) is 0 Å². The highest BCUT2D eigenvalue weighted by Gasteiger charge is 2.38. The molecule has 1 amide bonds. The SMILES string of the molecule is CCCN(C(=O)O)c1nc(Nc2ccc(Cl)c(Cl)c2)ncc1C(F)(F)F. The van der Waals surface area contributed by atoms with Crippen molar-refractivity contribution >= 4 is 46.7 Å². The number of anilines is 3. The number of carbonyl (C=O) groups is 1. The van der Waals surface area contributed by atoms with E-state index in [2.05, 4.69) is 15.3 Å². The van der Waals surface area contributed by atoms with Gasteiger partial charge in [0.25, 0.3) is 0 Å². The van der Waals surface area contributed by atoms with Gasteiger partial charge in [0.2, 0.25) is 5.95 Å². The van der Waals surface area contributed by atoms with Gasteiger partial charge in [-0.15, -0.1) is 0 Å². The largest absolute Gasteiger partial charge is 0.465 e. The molecule has 2 aromatic rings. The first-order chi connectivity index (χ1) is 12.1. The first-order valence-electron chi connectivity index (χ1n) is 7.30. The molecule has 140 valence electrons. The minimum atomic E-state index is -4.81. The molecule has 0 unspecified atom stereocenters. The number of alkyl halides is 3. The number of hydrogen-bond acceptors (Lipinski definition) is 4. The molecule has 0 bridgehead atoms. The lowest BCUT2D eigenvalue weighted by Gasteiger charge is -2.22. The van der Waals surface area contributed by atoms with Crippen LogP contribution in [0, 0.1) is 0 Å². The Bertz CT molecular complexity index is 818. The van der Waals surface area contributed by atoms with Crippen LogP contribution in [0.2, 0.25) is 10.0 Å². The van der Waals surface area contributed by atoms with Crippen LogP contribution < -0.4 is 10.2 Å². The maximum Gasteiger partial charge on any atom is 0.421 e. The number of halogens is 5. The van der Waals surface area contributed by atoms with E-state index in [9.17, 15) is 23.1 Å². The van der Waals surface area contributed by atoms with Crippen LogP contribution in [-0.4, -0.2) is 27.7 Å². The molecular weight excluding hydrogens is 396 g/mol. The highest BCUT2D eigenvalue weighted by molar-refractivity contribution is 6.42. The molecule has 11 heteroatoms. The Balaban J connectivity index is 2.47. The van der Waals surface area contributed by atoms with E-state index in [0.717, 1.165) is 0 Å². The fourth-order valence-corrected chi connectivity index (χ4v) is 2.36. The molecule has 26 heavy (non-hydrogen) atoms. The van der Waals surface area contributed by atoms with Gasteiger partial charge in [0.1, 0.15) is 5.56 Å². The number of nitrogens with zero attached hydrogens (tertiary/aromatic N) is 3. The molecule has 0 atom stereocenters. The maximum atomic E-state index is 13.2. The number of carboxylic acid groups (broad SMARTS) is 1. The Morgan fingerprint density at radius 3 is 2.54 bits per heavy atom. The monoisotopic (exact) mass is 408 g/mol. The summed E-state index contributed by atoms with van der Waals surface area (Å²) < 4.78 is 39.6. The van der Waals surface area contributed by atoms with E-state index in [1.165, 1.54) is 18.2 Å². The topological polar surface area (TPSA) is 78.4 Å². The van der Waals surface area contributed by atoms with Gasteiger partial charge in [0, 0.05) is 18.4 Å². The highest BCUT2D eigenvalue weighted by Crippen LogP contribution is 2.36. The van der Waals surface area contributed by atoms with E-state index in [1.54, 1.807) is 6.92 Å². The summed E-state index contributed by atoms with van der Waals surface area (Å²) >= 11 is 11.7. The van der Waals surface area contributed by atoms with Crippen molar-refractivity contribution in [3.8, 4) is 0 Å². The number of hydrogen-bond donors (Lipinski definition) is 2. The van der Waals surface area contributed by atoms with Gasteiger partial charge < -0.3 is 10.4 Å². The van der Waals surface area contributed by atoms with Crippen molar-refractivity contribution in [2.75, 3.05) is 16.8 Å². The predicted molar refractivity (Wildman–Crippen MR) is 92.4 cm³/mol. The summed E-state index contributed by atoms with van der Waals surface area (Å²) in [4.78, 5) is 19.3. The van der Waals surface area contributed by atoms with Crippen molar-refractivity contribution in [2.45, 2.75) is 19.5 Å². The Morgan fingerprint density at radius 1 is 1.31 bits per heavy atom. The lowest BCUT2D eigenvalue weighted by Crippen LogP contribution is -2.33. The fraction of sp³-hybridized carbons (Fsp3) is 0.267. The molecule has 0 aliphatic carbocycles. The zero-order valence-electron chi connectivity index (χ0n) is 13.3. The van der Waals surface area contributed by atoms with E-state index in [4.69, 9.17) is 23.2 Å². The molecule has 0 radical (unpaired) electrons. The second kappa shape index (κ2) is 7.96. The summed E-state index contributed by atoms with van der Waals surface area (Å²) in [6, 6.07) is 4.44. The first kappa shape index (κ1) is 20.1. The molecule has 0 spiro atoms. The van der Waals surface area contributed by atoms with E-state index in [1.807, 2.05) is 0 Å². The third kappa shape index (κ3) is 4.67. The molecule has 2 N–H and O–H groups in total.